The van der Waals surface area contributed by atoms with Crippen molar-refractivity contribution in [3.63, 3.8) is 0 Å². The number of imidazole rings is 1. The van der Waals surface area contributed by atoms with Gasteiger partial charge >= 0.3 is 0 Å². The summed E-state index contributed by atoms with van der Waals surface area (Å²) in [6.07, 6.45) is 0.463. The molecule has 1 fully saturated rings. The molecular formula is C12H13ClN4O. The molecule has 1 unspecified atom stereocenters. The lowest BCUT2D eigenvalue weighted by atomic mass is 10.2. The van der Waals surface area contributed by atoms with Gasteiger partial charge in [0.2, 0.25) is 5.91 Å². The van der Waals surface area contributed by atoms with Gasteiger partial charge in [-0.05, 0) is 19.1 Å². The van der Waals surface area contributed by atoms with E-state index in [0.717, 1.165) is 22.7 Å². The lowest BCUT2D eigenvalue weighted by Crippen LogP contribution is -2.16. The Kier molecular flexibility index (Phi) is 2.70. The number of amides is 1. The molecule has 3 rings (SSSR count). The summed E-state index contributed by atoms with van der Waals surface area (Å²) >= 11 is 5.94. The molecule has 0 saturated carbocycles. The van der Waals surface area contributed by atoms with Crippen LogP contribution in [0, 0.1) is 6.92 Å². The van der Waals surface area contributed by atoms with Gasteiger partial charge < -0.3 is 9.88 Å². The fraction of sp³-hybridized carbons (Fsp3) is 0.417. The first kappa shape index (κ1) is 11.5. The number of halogens is 1. The highest BCUT2D eigenvalue weighted by atomic mass is 35.5. The van der Waals surface area contributed by atoms with Crippen molar-refractivity contribution in [2.45, 2.75) is 25.3 Å². The van der Waals surface area contributed by atoms with Crippen LogP contribution in [0.15, 0.2) is 12.1 Å². The molecule has 1 aliphatic rings. The van der Waals surface area contributed by atoms with Crippen LogP contribution in [-0.2, 0) is 10.7 Å². The van der Waals surface area contributed by atoms with Gasteiger partial charge in [0.25, 0.3) is 0 Å². The molecule has 0 aromatic carbocycles. The smallest absolute Gasteiger partial charge is 0.222 e. The van der Waals surface area contributed by atoms with Gasteiger partial charge in [-0.15, -0.1) is 11.6 Å². The predicted octanol–water partition coefficient (Wildman–Crippen LogP) is 1.54. The van der Waals surface area contributed by atoms with Crippen LogP contribution in [0.25, 0.3) is 11.2 Å². The van der Waals surface area contributed by atoms with Crippen LogP contribution in [0.2, 0.25) is 0 Å². The summed E-state index contributed by atoms with van der Waals surface area (Å²) in [7, 11) is 0. The molecule has 3 heterocycles. The fourth-order valence-electron chi connectivity index (χ4n) is 2.37. The van der Waals surface area contributed by atoms with E-state index < -0.39 is 0 Å². The van der Waals surface area contributed by atoms with Gasteiger partial charge in [-0.1, -0.05) is 0 Å². The fourth-order valence-corrected chi connectivity index (χ4v) is 2.55. The van der Waals surface area contributed by atoms with Crippen LogP contribution in [-0.4, -0.2) is 27.0 Å². The van der Waals surface area contributed by atoms with Crippen molar-refractivity contribution < 1.29 is 4.79 Å². The van der Waals surface area contributed by atoms with Crippen molar-refractivity contribution in [2.24, 2.45) is 0 Å². The Morgan fingerprint density at radius 3 is 3.00 bits per heavy atom. The van der Waals surface area contributed by atoms with E-state index in [-0.39, 0.29) is 11.9 Å². The first-order chi connectivity index (χ1) is 8.69. The van der Waals surface area contributed by atoms with E-state index in [1.54, 1.807) is 0 Å². The van der Waals surface area contributed by atoms with Crippen LogP contribution < -0.4 is 5.32 Å². The normalized spacial score (nSPS) is 19.4. The molecule has 2 aromatic heterocycles. The van der Waals surface area contributed by atoms with Crippen molar-refractivity contribution in [3.8, 4) is 0 Å². The van der Waals surface area contributed by atoms with Crippen molar-refractivity contribution in [2.75, 3.05) is 6.54 Å². The number of pyridine rings is 1. The summed E-state index contributed by atoms with van der Waals surface area (Å²) in [6.45, 7) is 2.55. The van der Waals surface area contributed by atoms with Gasteiger partial charge in [0, 0.05) is 18.7 Å². The minimum absolute atomic E-state index is 0.0607. The molecule has 0 radical (unpaired) electrons. The highest BCUT2D eigenvalue weighted by Gasteiger charge is 2.27. The molecular weight excluding hydrogens is 252 g/mol. The molecule has 1 aliphatic heterocycles. The van der Waals surface area contributed by atoms with Crippen LogP contribution in [0.5, 0.6) is 0 Å². The van der Waals surface area contributed by atoms with Gasteiger partial charge in [0.1, 0.15) is 11.3 Å². The standard InChI is InChI=1S/C12H13ClN4O/c1-7-2-3-9-12(15-7)17(10(5-13)16-9)8-4-11(18)14-6-8/h2-3,8H,4-6H2,1H3,(H,14,18). The average molecular weight is 265 g/mol. The molecule has 94 valence electrons. The second-order valence-electron chi connectivity index (χ2n) is 4.49. The number of carbonyl (C=O) groups is 1. The Labute approximate surface area is 109 Å². The number of nitrogens with one attached hydrogen (secondary N) is 1. The third-order valence-electron chi connectivity index (χ3n) is 3.19. The number of hydrogen-bond acceptors (Lipinski definition) is 3. The number of alkyl halides is 1. The quantitative estimate of drug-likeness (QED) is 0.837. The Hall–Kier alpha value is -1.62. The molecule has 1 amide bonds. The first-order valence-corrected chi connectivity index (χ1v) is 6.39. The zero-order chi connectivity index (χ0) is 12.7. The van der Waals surface area contributed by atoms with Crippen LogP contribution >= 0.6 is 11.6 Å². The van der Waals surface area contributed by atoms with E-state index in [1.165, 1.54) is 0 Å². The monoisotopic (exact) mass is 264 g/mol. The highest BCUT2D eigenvalue weighted by molar-refractivity contribution is 6.16. The molecule has 2 aromatic rings. The van der Waals surface area contributed by atoms with Gasteiger partial charge in [-0.3, -0.25) is 4.79 Å². The van der Waals surface area contributed by atoms with E-state index >= 15 is 0 Å². The maximum Gasteiger partial charge on any atom is 0.222 e. The minimum Gasteiger partial charge on any atom is -0.354 e. The summed E-state index contributed by atoms with van der Waals surface area (Å²) in [5.41, 5.74) is 2.57. The van der Waals surface area contributed by atoms with Gasteiger partial charge in [-0.25, -0.2) is 9.97 Å². The Balaban J connectivity index is 2.18. The molecule has 1 saturated heterocycles. The SMILES string of the molecule is Cc1ccc2nc(CCl)n(C3CNC(=O)C3)c2n1. The van der Waals surface area contributed by atoms with Crippen LogP contribution in [0.1, 0.15) is 24.0 Å². The molecule has 0 bridgehead atoms. The summed E-state index contributed by atoms with van der Waals surface area (Å²) in [5.74, 6) is 1.15. The average Bonchev–Trinajstić information content (AvgIpc) is 2.91. The number of nitrogens with zero attached hydrogens (tertiary/aromatic N) is 3. The van der Waals surface area contributed by atoms with Crippen molar-refractivity contribution in [3.05, 3.63) is 23.7 Å². The number of fused-ring (bicyclic) bond motifs is 1. The summed E-state index contributed by atoms with van der Waals surface area (Å²) in [6, 6.07) is 3.93. The molecule has 1 N–H and O–H groups in total. The zero-order valence-electron chi connectivity index (χ0n) is 9.98. The lowest BCUT2D eigenvalue weighted by Gasteiger charge is -2.13. The van der Waals surface area contributed by atoms with E-state index in [4.69, 9.17) is 11.6 Å². The Morgan fingerprint density at radius 1 is 1.50 bits per heavy atom. The molecule has 0 spiro atoms. The van der Waals surface area contributed by atoms with Crippen LogP contribution in [0.4, 0.5) is 0 Å². The second kappa shape index (κ2) is 4.24. The Bertz CT molecular complexity index is 622. The third-order valence-corrected chi connectivity index (χ3v) is 3.43. The van der Waals surface area contributed by atoms with E-state index in [2.05, 4.69) is 15.3 Å². The topological polar surface area (TPSA) is 59.8 Å². The molecule has 5 nitrogen and oxygen atoms in total. The maximum atomic E-state index is 11.4. The minimum atomic E-state index is 0.0607. The van der Waals surface area contributed by atoms with Crippen LogP contribution in [0.3, 0.4) is 0 Å². The maximum absolute atomic E-state index is 11.4. The predicted molar refractivity (Wildman–Crippen MR) is 68.5 cm³/mol. The van der Waals surface area contributed by atoms with E-state index in [0.29, 0.717) is 18.8 Å². The highest BCUT2D eigenvalue weighted by Crippen LogP contribution is 2.25. The molecule has 1 atom stereocenters. The van der Waals surface area contributed by atoms with E-state index in [1.807, 2.05) is 23.6 Å². The van der Waals surface area contributed by atoms with Gasteiger partial charge in [-0.2, -0.15) is 0 Å². The van der Waals surface area contributed by atoms with Gasteiger partial charge in [0.15, 0.2) is 5.65 Å². The number of aryl methyl sites for hydroxylation is 1. The summed E-state index contributed by atoms with van der Waals surface area (Å²) < 4.78 is 1.99. The Morgan fingerprint density at radius 2 is 2.33 bits per heavy atom. The number of carbonyl (C=O) groups excluding carboxylic acids is 1. The third kappa shape index (κ3) is 1.75. The molecule has 18 heavy (non-hydrogen) atoms. The molecule has 6 heteroatoms. The lowest BCUT2D eigenvalue weighted by molar-refractivity contribution is -0.119. The van der Waals surface area contributed by atoms with Crippen molar-refractivity contribution in [1.82, 2.24) is 19.9 Å². The first-order valence-electron chi connectivity index (χ1n) is 5.86. The zero-order valence-corrected chi connectivity index (χ0v) is 10.7. The molecule has 0 aliphatic carbocycles. The van der Waals surface area contributed by atoms with Crippen molar-refractivity contribution >= 4 is 28.7 Å². The largest absolute Gasteiger partial charge is 0.354 e. The number of hydrogen-bond donors (Lipinski definition) is 1. The van der Waals surface area contributed by atoms with Crippen molar-refractivity contribution in [1.29, 1.82) is 0 Å². The number of aromatic nitrogens is 3. The van der Waals surface area contributed by atoms with E-state index in [9.17, 15) is 4.79 Å². The van der Waals surface area contributed by atoms with Gasteiger partial charge in [0.05, 0.1) is 11.9 Å². The summed E-state index contributed by atoms with van der Waals surface area (Å²) in [4.78, 5) is 20.3. The second-order valence-corrected chi connectivity index (χ2v) is 4.76. The summed E-state index contributed by atoms with van der Waals surface area (Å²) in [5, 5.41) is 2.83. The number of rotatable bonds is 2.